The maximum atomic E-state index is 11.7. The van der Waals surface area contributed by atoms with Gasteiger partial charge in [-0.15, -0.1) is 6.58 Å². The van der Waals surface area contributed by atoms with Crippen LogP contribution in [0.3, 0.4) is 0 Å². The summed E-state index contributed by atoms with van der Waals surface area (Å²) in [6.45, 7) is 7.71. The van der Waals surface area contributed by atoms with Gasteiger partial charge in [0, 0.05) is 12.6 Å². The number of amides is 1. The molecule has 0 aromatic rings. The van der Waals surface area contributed by atoms with E-state index in [2.05, 4.69) is 11.9 Å². The number of aliphatic carboxylic acids is 1. The Labute approximate surface area is 96.1 Å². The molecule has 0 spiro atoms. The summed E-state index contributed by atoms with van der Waals surface area (Å²) >= 11 is 0. The summed E-state index contributed by atoms with van der Waals surface area (Å²) < 4.78 is 0. The molecule has 0 aliphatic heterocycles. The van der Waals surface area contributed by atoms with Crippen LogP contribution in [0.1, 0.15) is 20.3 Å². The molecule has 0 heterocycles. The second-order valence-electron chi connectivity index (χ2n) is 3.59. The number of carboxylic acids is 1. The van der Waals surface area contributed by atoms with E-state index in [0.717, 1.165) is 6.42 Å². The molecule has 0 radical (unpaired) electrons. The van der Waals surface area contributed by atoms with Crippen LogP contribution < -0.4 is 5.32 Å². The number of hydrogen-bond donors (Lipinski definition) is 2. The van der Waals surface area contributed by atoms with Crippen molar-refractivity contribution in [3.05, 3.63) is 12.7 Å². The van der Waals surface area contributed by atoms with Crippen LogP contribution in [-0.4, -0.2) is 47.6 Å². The number of nitrogens with zero attached hydrogens (tertiary/aromatic N) is 1. The quantitative estimate of drug-likeness (QED) is 0.468. The third kappa shape index (κ3) is 5.50. The standard InChI is InChI=1S/C11H20N2O3/c1-4-6-12-7-10(14)13(8-11(15)16)9(3)5-2/h4,9,12H,1,5-8H2,2-3H3,(H,15,16). The van der Waals surface area contributed by atoms with E-state index in [1.54, 1.807) is 6.08 Å². The van der Waals surface area contributed by atoms with Crippen LogP contribution in [0.2, 0.25) is 0 Å². The van der Waals surface area contributed by atoms with E-state index < -0.39 is 5.97 Å². The molecule has 0 rings (SSSR count). The van der Waals surface area contributed by atoms with Crippen molar-refractivity contribution >= 4 is 11.9 Å². The summed E-state index contributed by atoms with van der Waals surface area (Å²) in [5.74, 6) is -1.18. The van der Waals surface area contributed by atoms with Crippen LogP contribution in [0.15, 0.2) is 12.7 Å². The molecule has 0 aromatic carbocycles. The molecular formula is C11H20N2O3. The van der Waals surface area contributed by atoms with Gasteiger partial charge in [0.1, 0.15) is 6.54 Å². The first kappa shape index (κ1) is 14.6. The first-order valence-corrected chi connectivity index (χ1v) is 5.35. The molecule has 0 saturated carbocycles. The Bertz CT molecular complexity index is 254. The number of carbonyl (C=O) groups is 2. The lowest BCUT2D eigenvalue weighted by Crippen LogP contribution is -2.45. The average molecular weight is 228 g/mol. The fourth-order valence-electron chi connectivity index (χ4n) is 1.24. The highest BCUT2D eigenvalue weighted by molar-refractivity contribution is 5.83. The number of hydrogen-bond acceptors (Lipinski definition) is 3. The number of rotatable bonds is 8. The molecule has 16 heavy (non-hydrogen) atoms. The third-order valence-electron chi connectivity index (χ3n) is 2.31. The van der Waals surface area contributed by atoms with E-state index in [9.17, 15) is 9.59 Å². The molecule has 5 nitrogen and oxygen atoms in total. The highest BCUT2D eigenvalue weighted by Gasteiger charge is 2.20. The SMILES string of the molecule is C=CCNCC(=O)N(CC(=O)O)C(C)CC. The monoisotopic (exact) mass is 228 g/mol. The Morgan fingerprint density at radius 3 is 2.62 bits per heavy atom. The lowest BCUT2D eigenvalue weighted by atomic mass is 10.2. The molecule has 0 aliphatic rings. The first-order valence-electron chi connectivity index (χ1n) is 5.35. The van der Waals surface area contributed by atoms with Crippen molar-refractivity contribution in [3.8, 4) is 0 Å². The zero-order valence-electron chi connectivity index (χ0n) is 9.90. The van der Waals surface area contributed by atoms with Crippen LogP contribution in [0, 0.1) is 0 Å². The van der Waals surface area contributed by atoms with E-state index >= 15 is 0 Å². The Kier molecular flexibility index (Phi) is 7.20. The zero-order chi connectivity index (χ0) is 12.6. The topological polar surface area (TPSA) is 69.6 Å². The Morgan fingerprint density at radius 1 is 1.56 bits per heavy atom. The van der Waals surface area contributed by atoms with Gasteiger partial charge in [0.05, 0.1) is 6.54 Å². The van der Waals surface area contributed by atoms with Gasteiger partial charge in [-0.05, 0) is 13.3 Å². The first-order chi connectivity index (χ1) is 7.52. The van der Waals surface area contributed by atoms with Crippen molar-refractivity contribution in [2.24, 2.45) is 0 Å². The molecule has 92 valence electrons. The van der Waals surface area contributed by atoms with E-state index in [-0.39, 0.29) is 25.0 Å². The van der Waals surface area contributed by atoms with Gasteiger partial charge in [0.2, 0.25) is 5.91 Å². The van der Waals surface area contributed by atoms with Gasteiger partial charge >= 0.3 is 5.97 Å². The Balaban J connectivity index is 4.31. The van der Waals surface area contributed by atoms with Crippen LogP contribution in [0.25, 0.3) is 0 Å². The fraction of sp³-hybridized carbons (Fsp3) is 0.636. The Hall–Kier alpha value is -1.36. The summed E-state index contributed by atoms with van der Waals surface area (Å²) in [6.07, 6.45) is 2.39. The maximum absolute atomic E-state index is 11.7. The molecule has 0 saturated heterocycles. The molecule has 0 fully saturated rings. The van der Waals surface area contributed by atoms with Gasteiger partial charge < -0.3 is 15.3 Å². The van der Waals surface area contributed by atoms with Crippen molar-refractivity contribution in [2.75, 3.05) is 19.6 Å². The summed E-state index contributed by atoms with van der Waals surface area (Å²) in [6, 6.07) is -0.0610. The summed E-state index contributed by atoms with van der Waals surface area (Å²) in [7, 11) is 0. The minimum atomic E-state index is -0.989. The highest BCUT2D eigenvalue weighted by atomic mass is 16.4. The summed E-state index contributed by atoms with van der Waals surface area (Å²) in [4.78, 5) is 23.7. The predicted molar refractivity (Wildman–Crippen MR) is 62.2 cm³/mol. The largest absolute Gasteiger partial charge is 0.480 e. The number of carboxylic acid groups (broad SMARTS) is 1. The minimum absolute atomic E-state index is 0.0610. The van der Waals surface area contributed by atoms with Crippen molar-refractivity contribution in [3.63, 3.8) is 0 Å². The van der Waals surface area contributed by atoms with Gasteiger partial charge in [-0.1, -0.05) is 13.0 Å². The van der Waals surface area contributed by atoms with Crippen molar-refractivity contribution < 1.29 is 14.7 Å². The molecule has 1 amide bonds. The van der Waals surface area contributed by atoms with Gasteiger partial charge in [-0.25, -0.2) is 0 Å². The maximum Gasteiger partial charge on any atom is 0.323 e. The molecule has 1 unspecified atom stereocenters. The van der Waals surface area contributed by atoms with Gasteiger partial charge in [0.15, 0.2) is 0 Å². The minimum Gasteiger partial charge on any atom is -0.480 e. The molecule has 1 atom stereocenters. The Morgan fingerprint density at radius 2 is 2.19 bits per heavy atom. The van der Waals surface area contributed by atoms with Crippen LogP contribution in [0.5, 0.6) is 0 Å². The van der Waals surface area contributed by atoms with Crippen LogP contribution in [-0.2, 0) is 9.59 Å². The summed E-state index contributed by atoms with van der Waals surface area (Å²) in [5, 5.41) is 11.6. The van der Waals surface area contributed by atoms with Crippen LogP contribution >= 0.6 is 0 Å². The molecule has 2 N–H and O–H groups in total. The number of carbonyl (C=O) groups excluding carboxylic acids is 1. The van der Waals surface area contributed by atoms with E-state index in [1.165, 1.54) is 4.90 Å². The van der Waals surface area contributed by atoms with Crippen molar-refractivity contribution in [2.45, 2.75) is 26.3 Å². The van der Waals surface area contributed by atoms with Gasteiger partial charge in [-0.3, -0.25) is 9.59 Å². The van der Waals surface area contributed by atoms with Gasteiger partial charge in [0.25, 0.3) is 0 Å². The smallest absolute Gasteiger partial charge is 0.323 e. The van der Waals surface area contributed by atoms with Crippen LogP contribution in [0.4, 0.5) is 0 Å². The van der Waals surface area contributed by atoms with Gasteiger partial charge in [-0.2, -0.15) is 0 Å². The van der Waals surface area contributed by atoms with Crippen molar-refractivity contribution in [1.29, 1.82) is 0 Å². The summed E-state index contributed by atoms with van der Waals surface area (Å²) in [5.41, 5.74) is 0. The third-order valence-corrected chi connectivity index (χ3v) is 2.31. The van der Waals surface area contributed by atoms with Crippen molar-refractivity contribution in [1.82, 2.24) is 10.2 Å². The molecule has 0 aliphatic carbocycles. The molecule has 5 heteroatoms. The normalized spacial score (nSPS) is 11.9. The second kappa shape index (κ2) is 7.87. The molecule has 0 bridgehead atoms. The molecular weight excluding hydrogens is 208 g/mol. The second-order valence-corrected chi connectivity index (χ2v) is 3.59. The molecule has 0 aromatic heterocycles. The lowest BCUT2D eigenvalue weighted by Gasteiger charge is -2.27. The zero-order valence-corrected chi connectivity index (χ0v) is 9.90. The average Bonchev–Trinajstić information content (AvgIpc) is 2.24. The lowest BCUT2D eigenvalue weighted by molar-refractivity contribution is -0.145. The van der Waals surface area contributed by atoms with E-state index in [4.69, 9.17) is 5.11 Å². The predicted octanol–water partition coefficient (Wildman–Crippen LogP) is 0.474. The number of nitrogens with one attached hydrogen (secondary N) is 1. The van der Waals surface area contributed by atoms with E-state index in [1.807, 2.05) is 13.8 Å². The fourth-order valence-corrected chi connectivity index (χ4v) is 1.24. The highest BCUT2D eigenvalue weighted by Crippen LogP contribution is 2.03. The van der Waals surface area contributed by atoms with E-state index in [0.29, 0.717) is 6.54 Å².